The van der Waals surface area contributed by atoms with E-state index in [1.54, 1.807) is 0 Å². The van der Waals surface area contributed by atoms with Gasteiger partial charge >= 0.3 is 0 Å². The molecule has 0 fully saturated rings. The number of pyridine rings is 1. The monoisotopic (exact) mass is 291 g/mol. The van der Waals surface area contributed by atoms with Gasteiger partial charge in [0.25, 0.3) is 0 Å². The number of aromatic nitrogens is 1. The first-order chi connectivity index (χ1) is 10.7. The number of benzene rings is 2. The van der Waals surface area contributed by atoms with Crippen molar-refractivity contribution in [1.29, 1.82) is 0 Å². The van der Waals surface area contributed by atoms with E-state index in [-0.39, 0.29) is 5.75 Å². The standard InChI is InChI=1S/C18H13NO3/c20-16-9-14-11-22-18-7-6-13(12-4-2-1-3-5-12)8-15(18)19(14)10-17(16)21/h1-10,21H,11H2. The maximum Gasteiger partial charge on any atom is 0.223 e. The van der Waals surface area contributed by atoms with Crippen LogP contribution in [-0.4, -0.2) is 9.67 Å². The fourth-order valence-electron chi connectivity index (χ4n) is 2.69. The number of nitrogens with zero attached hydrogens (tertiary/aromatic N) is 1. The van der Waals surface area contributed by atoms with Gasteiger partial charge in [0, 0.05) is 6.07 Å². The minimum atomic E-state index is -0.391. The smallest absolute Gasteiger partial charge is 0.223 e. The third-order valence-corrected chi connectivity index (χ3v) is 3.81. The van der Waals surface area contributed by atoms with Crippen molar-refractivity contribution in [1.82, 2.24) is 4.57 Å². The SMILES string of the molecule is O=c1cc2n(cc1O)-c1cc(-c3ccccc3)ccc1OC2. The summed E-state index contributed by atoms with van der Waals surface area (Å²) in [7, 11) is 0. The van der Waals surface area contributed by atoms with Crippen LogP contribution in [0.4, 0.5) is 0 Å². The molecule has 2 heterocycles. The van der Waals surface area contributed by atoms with Crippen LogP contribution in [0.5, 0.6) is 11.5 Å². The molecule has 4 nitrogen and oxygen atoms in total. The van der Waals surface area contributed by atoms with Crippen LogP contribution in [0.1, 0.15) is 5.69 Å². The molecule has 1 N–H and O–H groups in total. The van der Waals surface area contributed by atoms with Crippen LogP contribution < -0.4 is 10.2 Å². The molecule has 2 aromatic carbocycles. The summed E-state index contributed by atoms with van der Waals surface area (Å²) in [4.78, 5) is 11.6. The van der Waals surface area contributed by atoms with Gasteiger partial charge in [0.05, 0.1) is 17.6 Å². The topological polar surface area (TPSA) is 51.5 Å². The quantitative estimate of drug-likeness (QED) is 0.749. The van der Waals surface area contributed by atoms with Crippen molar-refractivity contribution in [3.8, 4) is 28.3 Å². The minimum absolute atomic E-state index is 0.262. The number of hydrogen-bond acceptors (Lipinski definition) is 3. The Kier molecular flexibility index (Phi) is 2.76. The molecule has 22 heavy (non-hydrogen) atoms. The molecule has 4 heteroatoms. The maximum atomic E-state index is 11.6. The summed E-state index contributed by atoms with van der Waals surface area (Å²) in [5.74, 6) is 0.469. The molecule has 1 aliphatic rings. The van der Waals surface area contributed by atoms with E-state index in [0.29, 0.717) is 6.61 Å². The molecule has 0 saturated carbocycles. The van der Waals surface area contributed by atoms with E-state index in [1.807, 2.05) is 53.1 Å². The van der Waals surface area contributed by atoms with Crippen molar-refractivity contribution in [2.75, 3.05) is 0 Å². The first-order valence-electron chi connectivity index (χ1n) is 6.99. The zero-order chi connectivity index (χ0) is 15.1. The van der Waals surface area contributed by atoms with Gasteiger partial charge in [-0.1, -0.05) is 36.4 Å². The molecular formula is C18H13NO3. The lowest BCUT2D eigenvalue weighted by atomic mass is 10.0. The van der Waals surface area contributed by atoms with E-state index in [2.05, 4.69) is 0 Å². The molecular weight excluding hydrogens is 278 g/mol. The first-order valence-corrected chi connectivity index (χ1v) is 6.99. The maximum absolute atomic E-state index is 11.6. The molecule has 0 atom stereocenters. The summed E-state index contributed by atoms with van der Waals surface area (Å²) >= 11 is 0. The molecule has 0 unspecified atom stereocenters. The summed E-state index contributed by atoms with van der Waals surface area (Å²) in [5.41, 5.74) is 3.30. The van der Waals surface area contributed by atoms with Crippen molar-refractivity contribution in [2.24, 2.45) is 0 Å². The Morgan fingerprint density at radius 2 is 1.82 bits per heavy atom. The summed E-state index contributed by atoms with van der Waals surface area (Å²) in [6.07, 6.45) is 1.45. The lowest BCUT2D eigenvalue weighted by Gasteiger charge is -2.23. The van der Waals surface area contributed by atoms with Gasteiger partial charge in [-0.05, 0) is 23.3 Å². The predicted molar refractivity (Wildman–Crippen MR) is 83.5 cm³/mol. The number of hydrogen-bond donors (Lipinski definition) is 1. The molecule has 0 bridgehead atoms. The van der Waals surface area contributed by atoms with Crippen LogP contribution in [-0.2, 0) is 6.61 Å². The summed E-state index contributed by atoms with van der Waals surface area (Å²) in [6.45, 7) is 0.313. The van der Waals surface area contributed by atoms with Crippen molar-refractivity contribution in [3.05, 3.63) is 76.7 Å². The van der Waals surface area contributed by atoms with Gasteiger partial charge < -0.3 is 14.4 Å². The van der Waals surface area contributed by atoms with Crippen molar-refractivity contribution in [2.45, 2.75) is 6.61 Å². The second-order valence-electron chi connectivity index (χ2n) is 5.22. The Morgan fingerprint density at radius 3 is 2.64 bits per heavy atom. The highest BCUT2D eigenvalue weighted by atomic mass is 16.5. The number of ether oxygens (including phenoxy) is 1. The Labute approximate surface area is 126 Å². The highest BCUT2D eigenvalue weighted by Crippen LogP contribution is 2.33. The third kappa shape index (κ3) is 1.97. The molecule has 0 saturated heterocycles. The van der Waals surface area contributed by atoms with Gasteiger partial charge in [0.1, 0.15) is 12.4 Å². The zero-order valence-electron chi connectivity index (χ0n) is 11.7. The lowest BCUT2D eigenvalue weighted by Crippen LogP contribution is -2.18. The highest BCUT2D eigenvalue weighted by Gasteiger charge is 2.18. The number of aromatic hydroxyl groups is 1. The van der Waals surface area contributed by atoms with Gasteiger partial charge in [-0.2, -0.15) is 0 Å². The van der Waals surface area contributed by atoms with Crippen molar-refractivity contribution < 1.29 is 9.84 Å². The molecule has 1 aliphatic heterocycles. The fourth-order valence-corrected chi connectivity index (χ4v) is 2.69. The van der Waals surface area contributed by atoms with Crippen molar-refractivity contribution in [3.63, 3.8) is 0 Å². The largest absolute Gasteiger partial charge is 0.503 e. The normalized spacial score (nSPS) is 12.2. The average Bonchev–Trinajstić information content (AvgIpc) is 2.56. The summed E-state index contributed by atoms with van der Waals surface area (Å²) < 4.78 is 7.50. The molecule has 0 amide bonds. The van der Waals surface area contributed by atoms with E-state index < -0.39 is 5.43 Å². The molecule has 4 rings (SSSR count). The van der Waals surface area contributed by atoms with Gasteiger partial charge in [-0.25, -0.2) is 0 Å². The van der Waals surface area contributed by atoms with E-state index in [9.17, 15) is 9.90 Å². The van der Waals surface area contributed by atoms with Crippen LogP contribution in [0.25, 0.3) is 16.8 Å². The van der Waals surface area contributed by atoms with E-state index >= 15 is 0 Å². The predicted octanol–water partition coefficient (Wildman–Crippen LogP) is 3.10. The summed E-state index contributed by atoms with van der Waals surface area (Å²) in [5, 5.41) is 9.71. The van der Waals surface area contributed by atoms with Gasteiger partial charge in [0.2, 0.25) is 5.43 Å². The van der Waals surface area contributed by atoms with E-state index in [1.165, 1.54) is 12.3 Å². The first kappa shape index (κ1) is 12.7. The van der Waals surface area contributed by atoms with E-state index in [0.717, 1.165) is 28.3 Å². The number of fused-ring (bicyclic) bond motifs is 3. The fraction of sp³-hybridized carbons (Fsp3) is 0.0556. The van der Waals surface area contributed by atoms with Crippen LogP contribution >= 0.6 is 0 Å². The zero-order valence-corrected chi connectivity index (χ0v) is 11.7. The van der Waals surface area contributed by atoms with Gasteiger partial charge in [0.15, 0.2) is 5.75 Å². The van der Waals surface area contributed by atoms with Crippen LogP contribution in [0, 0.1) is 0 Å². The Hall–Kier alpha value is -3.01. The second-order valence-corrected chi connectivity index (χ2v) is 5.22. The minimum Gasteiger partial charge on any atom is -0.503 e. The highest BCUT2D eigenvalue weighted by molar-refractivity contribution is 5.69. The molecule has 1 aromatic heterocycles. The second kappa shape index (κ2) is 4.77. The Bertz CT molecular complexity index is 913. The Balaban J connectivity index is 1.92. The van der Waals surface area contributed by atoms with Gasteiger partial charge in [-0.15, -0.1) is 0 Å². The molecule has 108 valence electrons. The molecule has 0 spiro atoms. The van der Waals surface area contributed by atoms with Crippen LogP contribution in [0.2, 0.25) is 0 Å². The van der Waals surface area contributed by atoms with Crippen molar-refractivity contribution >= 4 is 0 Å². The molecule has 0 aliphatic carbocycles. The molecule has 0 radical (unpaired) electrons. The van der Waals surface area contributed by atoms with Crippen LogP contribution in [0.3, 0.4) is 0 Å². The lowest BCUT2D eigenvalue weighted by molar-refractivity contribution is 0.282. The van der Waals surface area contributed by atoms with Gasteiger partial charge in [-0.3, -0.25) is 4.79 Å². The van der Waals surface area contributed by atoms with E-state index in [4.69, 9.17) is 4.74 Å². The number of rotatable bonds is 1. The van der Waals surface area contributed by atoms with Crippen LogP contribution in [0.15, 0.2) is 65.6 Å². The Morgan fingerprint density at radius 1 is 1.00 bits per heavy atom. The molecule has 3 aromatic rings. The average molecular weight is 291 g/mol. The third-order valence-electron chi connectivity index (χ3n) is 3.81. The summed E-state index contributed by atoms with van der Waals surface area (Å²) in [6, 6.07) is 17.3.